The van der Waals surface area contributed by atoms with Gasteiger partial charge < -0.3 is 10.6 Å². The maximum atomic E-state index is 12.7. The minimum Gasteiger partial charge on any atom is -0.350 e. The van der Waals surface area contributed by atoms with Crippen LogP contribution in [0.5, 0.6) is 0 Å². The lowest BCUT2D eigenvalue weighted by Gasteiger charge is -2.32. The Morgan fingerprint density at radius 2 is 1.58 bits per heavy atom. The fraction of sp³-hybridized carbons (Fsp3) is 0.417. The molecule has 0 fully saturated rings. The summed E-state index contributed by atoms with van der Waals surface area (Å²) in [7, 11) is 0. The van der Waals surface area contributed by atoms with E-state index in [9.17, 15) is 18.0 Å². The van der Waals surface area contributed by atoms with Gasteiger partial charge in [-0.3, -0.25) is 9.78 Å². The first-order valence-electron chi connectivity index (χ1n) is 10.3. The fourth-order valence-electron chi connectivity index (χ4n) is 2.98. The number of unbranched alkanes of at least 4 members (excludes halogenated alkanes) is 2. The van der Waals surface area contributed by atoms with Crippen molar-refractivity contribution in [1.29, 1.82) is 0 Å². The first-order chi connectivity index (χ1) is 14.7. The van der Waals surface area contributed by atoms with Gasteiger partial charge in [0.05, 0.1) is 6.54 Å². The standard InChI is InChI=1S/C24H28F3N3O/c1-3-4-5-14-23(2,30-18-24(25,26)27)17-29-22(31)21-10-8-19(9-11-21)6-7-20-12-15-28-16-13-20/h8-13,15-16,30H,3-5,14,17-18H2,1-2H3,(H,29,31). The third kappa shape index (κ3) is 9.22. The maximum absolute atomic E-state index is 12.7. The van der Waals surface area contributed by atoms with Crippen molar-refractivity contribution in [2.75, 3.05) is 13.1 Å². The molecule has 1 aromatic heterocycles. The molecular formula is C24H28F3N3O. The molecule has 1 amide bonds. The number of nitrogens with zero attached hydrogens (tertiary/aromatic N) is 1. The summed E-state index contributed by atoms with van der Waals surface area (Å²) < 4.78 is 38.0. The Kier molecular flexibility index (Phi) is 9.07. The number of rotatable bonds is 9. The molecule has 0 aliphatic rings. The van der Waals surface area contributed by atoms with Crippen LogP contribution in [0.1, 0.15) is 61.0 Å². The van der Waals surface area contributed by atoms with Crippen LogP contribution in [0.3, 0.4) is 0 Å². The van der Waals surface area contributed by atoms with Gasteiger partial charge in [-0.15, -0.1) is 0 Å². The van der Waals surface area contributed by atoms with E-state index in [0.717, 1.165) is 30.4 Å². The second-order valence-corrected chi connectivity index (χ2v) is 7.73. The third-order valence-electron chi connectivity index (χ3n) is 4.87. The highest BCUT2D eigenvalue weighted by Gasteiger charge is 2.32. The maximum Gasteiger partial charge on any atom is 0.401 e. The van der Waals surface area contributed by atoms with Crippen molar-refractivity contribution in [2.45, 2.75) is 51.2 Å². The molecule has 1 aromatic carbocycles. The number of carbonyl (C=O) groups excluding carboxylic acids is 1. The van der Waals surface area contributed by atoms with E-state index in [0.29, 0.717) is 12.0 Å². The molecule has 2 N–H and O–H groups in total. The quantitative estimate of drug-likeness (QED) is 0.447. The molecule has 4 nitrogen and oxygen atoms in total. The number of hydrogen-bond donors (Lipinski definition) is 2. The molecule has 166 valence electrons. The minimum absolute atomic E-state index is 0.106. The van der Waals surface area contributed by atoms with Crippen molar-refractivity contribution in [3.8, 4) is 11.8 Å². The molecule has 0 aliphatic heterocycles. The molecule has 0 aliphatic carbocycles. The molecule has 2 rings (SSSR count). The summed E-state index contributed by atoms with van der Waals surface area (Å²) in [6, 6.07) is 10.4. The Morgan fingerprint density at radius 3 is 2.16 bits per heavy atom. The summed E-state index contributed by atoms with van der Waals surface area (Å²) in [6.45, 7) is 2.77. The molecule has 0 spiro atoms. The van der Waals surface area contributed by atoms with E-state index in [4.69, 9.17) is 0 Å². The minimum atomic E-state index is -4.30. The Bertz CT molecular complexity index is 886. The van der Waals surface area contributed by atoms with Crippen LogP contribution >= 0.6 is 0 Å². The second-order valence-electron chi connectivity index (χ2n) is 7.73. The SMILES string of the molecule is CCCCCC(C)(CNC(=O)c1ccc(C#Cc2ccncc2)cc1)NCC(F)(F)F. The Labute approximate surface area is 181 Å². The number of benzene rings is 1. The fourth-order valence-corrected chi connectivity index (χ4v) is 2.98. The van der Waals surface area contributed by atoms with Gasteiger partial charge in [-0.1, -0.05) is 38.0 Å². The molecular weight excluding hydrogens is 403 g/mol. The zero-order valence-electron chi connectivity index (χ0n) is 17.9. The molecule has 0 saturated heterocycles. The molecule has 1 unspecified atom stereocenters. The number of nitrogens with one attached hydrogen (secondary N) is 2. The molecule has 0 bridgehead atoms. The zero-order valence-corrected chi connectivity index (χ0v) is 17.9. The monoisotopic (exact) mass is 431 g/mol. The molecule has 2 aromatic rings. The highest BCUT2D eigenvalue weighted by Crippen LogP contribution is 2.19. The lowest BCUT2D eigenvalue weighted by molar-refractivity contribution is -0.128. The molecule has 31 heavy (non-hydrogen) atoms. The molecule has 7 heteroatoms. The van der Waals surface area contributed by atoms with E-state index in [2.05, 4.69) is 27.5 Å². The average molecular weight is 432 g/mol. The van der Waals surface area contributed by atoms with Gasteiger partial charge >= 0.3 is 6.18 Å². The Hall–Kier alpha value is -2.85. The van der Waals surface area contributed by atoms with Crippen molar-refractivity contribution in [2.24, 2.45) is 0 Å². The zero-order chi connectivity index (χ0) is 22.7. The lowest BCUT2D eigenvalue weighted by Crippen LogP contribution is -2.53. The van der Waals surface area contributed by atoms with Gasteiger partial charge in [-0.2, -0.15) is 13.2 Å². The molecule has 0 radical (unpaired) electrons. The number of amides is 1. The Morgan fingerprint density at radius 1 is 0.968 bits per heavy atom. The second kappa shape index (κ2) is 11.5. The summed E-state index contributed by atoms with van der Waals surface area (Å²) in [4.78, 5) is 16.4. The smallest absolute Gasteiger partial charge is 0.350 e. The van der Waals surface area contributed by atoms with Crippen LogP contribution in [0.25, 0.3) is 0 Å². The highest BCUT2D eigenvalue weighted by molar-refractivity contribution is 5.94. The van der Waals surface area contributed by atoms with Gasteiger partial charge in [0.1, 0.15) is 0 Å². The Balaban J connectivity index is 1.97. The molecule has 1 heterocycles. The van der Waals surface area contributed by atoms with E-state index < -0.39 is 18.3 Å². The van der Waals surface area contributed by atoms with Gasteiger partial charge in [-0.05, 0) is 49.7 Å². The molecule has 1 atom stereocenters. The number of halogens is 3. The predicted molar refractivity (Wildman–Crippen MR) is 116 cm³/mol. The van der Waals surface area contributed by atoms with Crippen LogP contribution < -0.4 is 10.6 Å². The van der Waals surface area contributed by atoms with Gasteiger partial charge in [0.15, 0.2) is 0 Å². The van der Waals surface area contributed by atoms with E-state index in [-0.39, 0.29) is 12.5 Å². The number of alkyl halides is 3. The summed E-state index contributed by atoms with van der Waals surface area (Å²) in [6.07, 6.45) is 2.26. The summed E-state index contributed by atoms with van der Waals surface area (Å²) in [5.74, 6) is 5.70. The van der Waals surface area contributed by atoms with Crippen LogP contribution in [-0.2, 0) is 0 Å². The van der Waals surface area contributed by atoms with Gasteiger partial charge in [0.25, 0.3) is 5.91 Å². The van der Waals surface area contributed by atoms with Crippen molar-refractivity contribution >= 4 is 5.91 Å². The van der Waals surface area contributed by atoms with Crippen molar-refractivity contribution < 1.29 is 18.0 Å². The van der Waals surface area contributed by atoms with Crippen LogP contribution in [0.2, 0.25) is 0 Å². The summed E-state index contributed by atoms with van der Waals surface area (Å²) in [5.41, 5.74) is 1.19. The van der Waals surface area contributed by atoms with Gasteiger partial charge in [-0.25, -0.2) is 0 Å². The molecule has 0 saturated carbocycles. The van der Waals surface area contributed by atoms with Gasteiger partial charge in [0, 0.05) is 41.2 Å². The summed E-state index contributed by atoms with van der Waals surface area (Å²) >= 11 is 0. The average Bonchev–Trinajstić information content (AvgIpc) is 2.76. The van der Waals surface area contributed by atoms with E-state index >= 15 is 0 Å². The first-order valence-corrected chi connectivity index (χ1v) is 10.3. The van der Waals surface area contributed by atoms with E-state index in [1.165, 1.54) is 0 Å². The van der Waals surface area contributed by atoms with Crippen LogP contribution in [-0.4, -0.2) is 35.7 Å². The van der Waals surface area contributed by atoms with Crippen molar-refractivity contribution in [3.63, 3.8) is 0 Å². The number of aromatic nitrogens is 1. The normalized spacial score (nSPS) is 13.1. The summed E-state index contributed by atoms with van der Waals surface area (Å²) in [5, 5.41) is 5.35. The van der Waals surface area contributed by atoms with Crippen LogP contribution in [0.15, 0.2) is 48.8 Å². The number of pyridine rings is 1. The van der Waals surface area contributed by atoms with E-state index in [1.54, 1.807) is 55.7 Å². The lowest BCUT2D eigenvalue weighted by atomic mass is 9.93. The van der Waals surface area contributed by atoms with Crippen LogP contribution in [0.4, 0.5) is 13.2 Å². The van der Waals surface area contributed by atoms with E-state index in [1.807, 2.05) is 6.92 Å². The topological polar surface area (TPSA) is 54.0 Å². The first kappa shape index (κ1) is 24.4. The van der Waals surface area contributed by atoms with Gasteiger partial charge in [0.2, 0.25) is 0 Å². The highest BCUT2D eigenvalue weighted by atomic mass is 19.4. The third-order valence-corrected chi connectivity index (χ3v) is 4.87. The van der Waals surface area contributed by atoms with Crippen molar-refractivity contribution in [3.05, 3.63) is 65.5 Å². The van der Waals surface area contributed by atoms with Crippen molar-refractivity contribution in [1.82, 2.24) is 15.6 Å². The predicted octanol–water partition coefficient (Wildman–Crippen LogP) is 4.70. The number of carbonyl (C=O) groups is 1. The largest absolute Gasteiger partial charge is 0.401 e. The van der Waals surface area contributed by atoms with Crippen LogP contribution in [0, 0.1) is 11.8 Å². The number of hydrogen-bond acceptors (Lipinski definition) is 3.